The van der Waals surface area contributed by atoms with Gasteiger partial charge in [0.15, 0.2) is 5.78 Å². The van der Waals surface area contributed by atoms with Gasteiger partial charge in [-0.1, -0.05) is 62.2 Å². The second kappa shape index (κ2) is 10.3. The number of carbonyl (C=O) groups is 2. The SMILES string of the molecule is CC(C)(C)C[C@H]1N[C@@H](C(=O)CC2CC(C)(NS(C)(=O)=O)C2)[C@H](c2cccc(Cl)c2F)[C@@]12C(=O)Nc1cc(Cl)ccc12. The minimum Gasteiger partial charge on any atom is -0.325 e. The van der Waals surface area contributed by atoms with E-state index in [0.717, 1.165) is 6.26 Å². The average molecular weight is 625 g/mol. The van der Waals surface area contributed by atoms with Crippen molar-refractivity contribution in [2.24, 2.45) is 11.3 Å². The fraction of sp³-hybridized carbons (Fsp3) is 0.533. The standard InChI is InChI=1S/C30H36Cl2FN3O4S/c1-28(2,3)15-23-30(19-10-9-17(31)12-21(19)34-27(30)38)24(18-7-6-8-20(32)25(18)33)26(35-23)22(37)11-16-13-29(4,14-16)36-41(5,39)40/h6-10,12,16,23-24,26,35-36H,11,13-15H2,1-5H3,(H,34,38)/t16?,23-,24+,26+,29?,30+/m1/s1. The van der Waals surface area contributed by atoms with Crippen molar-refractivity contribution in [1.82, 2.24) is 10.0 Å². The van der Waals surface area contributed by atoms with E-state index >= 15 is 4.39 Å². The van der Waals surface area contributed by atoms with Crippen LogP contribution in [0, 0.1) is 17.2 Å². The number of anilines is 1. The summed E-state index contributed by atoms with van der Waals surface area (Å²) in [5.74, 6) is -2.05. The summed E-state index contributed by atoms with van der Waals surface area (Å²) in [7, 11) is -3.40. The summed E-state index contributed by atoms with van der Waals surface area (Å²) >= 11 is 12.5. The van der Waals surface area contributed by atoms with Crippen molar-refractivity contribution in [2.75, 3.05) is 11.6 Å². The number of fused-ring (bicyclic) bond motifs is 2. The van der Waals surface area contributed by atoms with Crippen molar-refractivity contribution >= 4 is 50.6 Å². The number of sulfonamides is 1. The summed E-state index contributed by atoms with van der Waals surface area (Å²) in [6.45, 7) is 8.01. The van der Waals surface area contributed by atoms with E-state index in [9.17, 15) is 18.0 Å². The molecule has 1 saturated carbocycles. The normalized spacial score (nSPS) is 31.2. The van der Waals surface area contributed by atoms with Gasteiger partial charge in [-0.2, -0.15) is 0 Å². The lowest BCUT2D eigenvalue weighted by molar-refractivity contribution is -0.123. The minimum atomic E-state index is -3.40. The van der Waals surface area contributed by atoms with Crippen LogP contribution in [0.5, 0.6) is 0 Å². The lowest BCUT2D eigenvalue weighted by atomic mass is 9.61. The van der Waals surface area contributed by atoms with E-state index in [4.69, 9.17) is 23.2 Å². The molecule has 5 rings (SSSR count). The first-order chi connectivity index (χ1) is 18.9. The third-order valence-corrected chi connectivity index (χ3v) is 10.1. The Morgan fingerprint density at radius 2 is 1.85 bits per heavy atom. The molecular formula is C30H36Cl2FN3O4S. The lowest BCUT2D eigenvalue weighted by Gasteiger charge is -2.45. The fourth-order valence-electron chi connectivity index (χ4n) is 7.51. The van der Waals surface area contributed by atoms with Crippen LogP contribution in [0.1, 0.15) is 70.4 Å². The molecule has 1 saturated heterocycles. The Kier molecular flexibility index (Phi) is 7.64. The maximum atomic E-state index is 15.9. The van der Waals surface area contributed by atoms with Gasteiger partial charge in [0.05, 0.1) is 17.3 Å². The number of rotatable bonds is 7. The van der Waals surface area contributed by atoms with Crippen LogP contribution >= 0.6 is 23.2 Å². The monoisotopic (exact) mass is 623 g/mol. The maximum Gasteiger partial charge on any atom is 0.237 e. The number of benzene rings is 2. The quantitative estimate of drug-likeness (QED) is 0.375. The highest BCUT2D eigenvalue weighted by Crippen LogP contribution is 2.57. The molecule has 0 unspecified atom stereocenters. The van der Waals surface area contributed by atoms with Crippen molar-refractivity contribution in [1.29, 1.82) is 0 Å². The minimum absolute atomic E-state index is 0.0467. The highest BCUT2D eigenvalue weighted by molar-refractivity contribution is 7.88. The number of Topliss-reactive ketones (excluding diaryl/α,β-unsaturated/α-hetero) is 1. The Morgan fingerprint density at radius 1 is 1.17 bits per heavy atom. The maximum absolute atomic E-state index is 15.9. The van der Waals surface area contributed by atoms with E-state index < -0.39 is 44.8 Å². The molecule has 4 atom stereocenters. The molecule has 3 N–H and O–H groups in total. The van der Waals surface area contributed by atoms with Crippen molar-refractivity contribution in [3.8, 4) is 0 Å². The second-order valence-corrected chi connectivity index (χ2v) is 16.1. The van der Waals surface area contributed by atoms with E-state index in [2.05, 4.69) is 36.1 Å². The van der Waals surface area contributed by atoms with E-state index in [0.29, 0.717) is 35.5 Å². The number of ketones is 1. The molecule has 1 amide bonds. The van der Waals surface area contributed by atoms with Gasteiger partial charge in [0.2, 0.25) is 15.9 Å². The largest absolute Gasteiger partial charge is 0.325 e. The zero-order chi connectivity index (χ0) is 30.1. The highest BCUT2D eigenvalue weighted by atomic mass is 35.5. The van der Waals surface area contributed by atoms with Crippen LogP contribution in [0.4, 0.5) is 10.1 Å². The van der Waals surface area contributed by atoms with Crippen LogP contribution in [0.15, 0.2) is 36.4 Å². The third kappa shape index (κ3) is 5.56. The molecule has 1 aliphatic carbocycles. The molecule has 2 fully saturated rings. The van der Waals surface area contributed by atoms with E-state index in [1.54, 1.807) is 30.3 Å². The van der Waals surface area contributed by atoms with E-state index in [-0.39, 0.29) is 40.0 Å². The van der Waals surface area contributed by atoms with Gasteiger partial charge in [-0.25, -0.2) is 17.5 Å². The van der Waals surface area contributed by atoms with Gasteiger partial charge in [-0.3, -0.25) is 9.59 Å². The molecule has 0 radical (unpaired) electrons. The predicted octanol–water partition coefficient (Wildman–Crippen LogP) is 5.56. The molecule has 3 aliphatic rings. The summed E-state index contributed by atoms with van der Waals surface area (Å²) in [4.78, 5) is 28.3. The smallest absolute Gasteiger partial charge is 0.237 e. The number of amides is 1. The highest BCUT2D eigenvalue weighted by Gasteiger charge is 2.66. The van der Waals surface area contributed by atoms with Crippen LogP contribution in [-0.2, 0) is 25.0 Å². The van der Waals surface area contributed by atoms with Crippen molar-refractivity contribution in [3.05, 3.63) is 63.4 Å². The predicted molar refractivity (Wildman–Crippen MR) is 159 cm³/mol. The lowest BCUT2D eigenvalue weighted by Crippen LogP contribution is -2.55. The molecule has 7 nitrogen and oxygen atoms in total. The third-order valence-electron chi connectivity index (χ3n) is 8.69. The molecule has 2 aromatic carbocycles. The van der Waals surface area contributed by atoms with Gasteiger partial charge in [0.1, 0.15) is 11.2 Å². The molecule has 222 valence electrons. The first kappa shape index (κ1) is 30.4. The first-order valence-electron chi connectivity index (χ1n) is 13.8. The summed E-state index contributed by atoms with van der Waals surface area (Å²) in [5.41, 5.74) is -0.727. The number of carbonyl (C=O) groups excluding carboxylic acids is 2. The van der Waals surface area contributed by atoms with Crippen LogP contribution in [-0.4, -0.2) is 44.0 Å². The molecule has 1 spiro atoms. The van der Waals surface area contributed by atoms with Gasteiger partial charge in [-0.05, 0) is 66.8 Å². The Hall–Kier alpha value is -2.04. The van der Waals surface area contributed by atoms with Crippen LogP contribution in [0.2, 0.25) is 10.0 Å². The van der Waals surface area contributed by atoms with Gasteiger partial charge in [-0.15, -0.1) is 0 Å². The summed E-state index contributed by atoms with van der Waals surface area (Å²) < 4.78 is 42.1. The number of nitrogens with one attached hydrogen (secondary N) is 3. The fourth-order valence-corrected chi connectivity index (χ4v) is 8.92. The van der Waals surface area contributed by atoms with E-state index in [1.165, 1.54) is 6.07 Å². The van der Waals surface area contributed by atoms with Crippen LogP contribution < -0.4 is 15.4 Å². The Morgan fingerprint density at radius 3 is 2.49 bits per heavy atom. The molecule has 0 aromatic heterocycles. The second-order valence-electron chi connectivity index (χ2n) is 13.5. The molecule has 0 bridgehead atoms. The average Bonchev–Trinajstić information content (AvgIpc) is 3.27. The van der Waals surface area contributed by atoms with Gasteiger partial charge in [0, 0.05) is 34.6 Å². The van der Waals surface area contributed by atoms with Crippen LogP contribution in [0.25, 0.3) is 0 Å². The number of hydrogen-bond donors (Lipinski definition) is 3. The first-order valence-corrected chi connectivity index (χ1v) is 16.4. The van der Waals surface area contributed by atoms with Crippen LogP contribution in [0.3, 0.4) is 0 Å². The molecule has 41 heavy (non-hydrogen) atoms. The number of hydrogen-bond acceptors (Lipinski definition) is 5. The zero-order valence-electron chi connectivity index (χ0n) is 23.8. The Bertz CT molecular complexity index is 1520. The number of halogens is 3. The summed E-state index contributed by atoms with van der Waals surface area (Å²) in [5, 5.41) is 6.86. The van der Waals surface area contributed by atoms with Crippen molar-refractivity contribution in [2.45, 2.75) is 82.3 Å². The van der Waals surface area contributed by atoms with Gasteiger partial charge in [0.25, 0.3) is 0 Å². The van der Waals surface area contributed by atoms with Crippen molar-refractivity contribution in [3.63, 3.8) is 0 Å². The summed E-state index contributed by atoms with van der Waals surface area (Å²) in [6, 6.07) is 8.50. The summed E-state index contributed by atoms with van der Waals surface area (Å²) in [6.07, 6.45) is 2.84. The molecule has 11 heteroatoms. The molecule has 2 heterocycles. The Labute approximate surface area is 251 Å². The molecule has 2 aromatic rings. The molecule has 2 aliphatic heterocycles. The van der Waals surface area contributed by atoms with Gasteiger partial charge < -0.3 is 10.6 Å². The van der Waals surface area contributed by atoms with E-state index in [1.807, 2.05) is 6.92 Å². The zero-order valence-corrected chi connectivity index (χ0v) is 26.1. The van der Waals surface area contributed by atoms with Gasteiger partial charge >= 0.3 is 0 Å². The Balaban J connectivity index is 1.60. The molecular weight excluding hydrogens is 588 g/mol. The van der Waals surface area contributed by atoms with Crippen molar-refractivity contribution < 1.29 is 22.4 Å². The topological polar surface area (TPSA) is 104 Å².